The maximum Gasteiger partial charge on any atom is 0.352 e. The van der Waals surface area contributed by atoms with Crippen LogP contribution in [-0.4, -0.2) is 109 Å². The molecule has 3 atom stereocenters. The van der Waals surface area contributed by atoms with Crippen molar-refractivity contribution in [3.05, 3.63) is 38.9 Å². The topological polar surface area (TPSA) is 288 Å². The highest BCUT2D eigenvalue weighted by Gasteiger charge is 2.54. The summed E-state index contributed by atoms with van der Waals surface area (Å²) in [5.41, 5.74) is 5.36. The highest BCUT2D eigenvalue weighted by Crippen LogP contribution is 2.41. The molecule has 1 unspecified atom stereocenters. The van der Waals surface area contributed by atoms with Crippen LogP contribution < -0.4 is 32.6 Å². The number of nitrogens with two attached hydrogens (primary N) is 1. The molecule has 4 amide bonds. The molecule has 20 nitrogen and oxygen atoms in total. The zero-order valence-electron chi connectivity index (χ0n) is 25.7. The van der Waals surface area contributed by atoms with Gasteiger partial charge < -0.3 is 37.2 Å². The molecule has 3 aromatic rings. The maximum absolute atomic E-state index is 13.6. The predicted octanol–water partition coefficient (Wildman–Crippen LogP) is -0.559. The second-order valence-corrected chi connectivity index (χ2v) is 14.2. The summed E-state index contributed by atoms with van der Waals surface area (Å²) in [6.07, 6.45) is 3.53. The minimum Gasteiger partial charge on any atom is -0.477 e. The average molecular weight is 734 g/mol. The number of hydrogen-bond acceptors (Lipinski definition) is 16. The zero-order chi connectivity index (χ0) is 34.8. The second kappa shape index (κ2) is 14.4. The number of tetrazole rings is 1. The maximum atomic E-state index is 13.6. The van der Waals surface area contributed by atoms with Crippen LogP contribution in [0.5, 0.6) is 0 Å². The Labute approximate surface area is 289 Å². The number of aryl methyl sites for hydroxylation is 1. The van der Waals surface area contributed by atoms with E-state index in [0.29, 0.717) is 36.4 Å². The number of anilines is 3. The highest BCUT2D eigenvalue weighted by atomic mass is 32.2. The smallest absolute Gasteiger partial charge is 0.352 e. The third-order valence-electron chi connectivity index (χ3n) is 7.96. The lowest BCUT2D eigenvalue weighted by molar-refractivity contribution is -0.151. The van der Waals surface area contributed by atoms with Crippen molar-refractivity contribution < 1.29 is 29.4 Å². The summed E-state index contributed by atoms with van der Waals surface area (Å²) in [6, 6.07) is -3.43. The first-order chi connectivity index (χ1) is 23.5. The number of thiazole rings is 1. The molecule has 3 aromatic heterocycles. The summed E-state index contributed by atoms with van der Waals surface area (Å²) >= 11 is 3.53. The molecule has 5 heterocycles. The van der Waals surface area contributed by atoms with Crippen molar-refractivity contribution in [1.29, 1.82) is 0 Å². The molecule has 0 radical (unpaired) electrons. The number of carboxylic acids is 1. The number of β-lactam (4-membered cyclic amide) rings is 1. The number of aliphatic hydroxyl groups is 1. The van der Waals surface area contributed by atoms with Crippen LogP contribution in [0.4, 0.5) is 21.6 Å². The van der Waals surface area contributed by atoms with Crippen molar-refractivity contribution >= 4 is 75.4 Å². The Morgan fingerprint density at radius 2 is 2.00 bits per heavy atom. The number of nitrogens with zero attached hydrogens (tertiary/aromatic N) is 7. The highest BCUT2D eigenvalue weighted by molar-refractivity contribution is 8.01. The summed E-state index contributed by atoms with van der Waals surface area (Å²) in [6.45, 7) is 0. The average Bonchev–Trinajstić information content (AvgIpc) is 3.70. The number of H-pyrrole nitrogens is 1. The standard InChI is InChI=1S/C26H31N13O7S3/c1-38-26(35-36-37-38)49-8-10-7-47-21-16(20(43)39(21)17(10)22(44)45)32-19(42)15(14-9-48-23(27)30-14)33-25(46)31-13-6-28-24(34-18(13)41)29-11-2-4-12(40)5-3-11/h6,9,11-12,15-16,21,40H,2-5,7-8H2,1H3,(H2,27,30)(H,32,42)(H,44,45)(H2,31,33,46)(H2,28,29,34,41)/t11?,12?,15?,16-,21+/m1/s1. The second-order valence-electron chi connectivity index (χ2n) is 11.3. The summed E-state index contributed by atoms with van der Waals surface area (Å²) in [7, 11) is 1.65. The number of carboxylic acid groups (broad SMARTS) is 1. The molecule has 0 spiro atoms. The number of thioether (sulfide) groups is 2. The fourth-order valence-corrected chi connectivity index (χ4v) is 8.42. The van der Waals surface area contributed by atoms with Crippen LogP contribution >= 0.6 is 34.9 Å². The first-order valence-electron chi connectivity index (χ1n) is 14.9. The van der Waals surface area contributed by atoms with Gasteiger partial charge in [0.1, 0.15) is 22.8 Å². The van der Waals surface area contributed by atoms with Crippen LogP contribution in [-0.2, 0) is 21.4 Å². The molecule has 6 rings (SSSR count). The molecule has 1 saturated carbocycles. The van der Waals surface area contributed by atoms with E-state index < -0.39 is 46.8 Å². The minimum absolute atomic E-state index is 0.0282. The third kappa shape index (κ3) is 7.47. The van der Waals surface area contributed by atoms with Gasteiger partial charge in [-0.05, 0) is 41.7 Å². The number of urea groups is 1. The van der Waals surface area contributed by atoms with Crippen molar-refractivity contribution in [2.45, 2.75) is 60.4 Å². The number of carbonyl (C=O) groups excluding carboxylic acids is 3. The molecule has 1 aliphatic carbocycles. The molecule has 3 aliphatic rings. The lowest BCUT2D eigenvalue weighted by Crippen LogP contribution is -2.71. The first-order valence-corrected chi connectivity index (χ1v) is 17.8. The van der Waals surface area contributed by atoms with Crippen molar-refractivity contribution in [3.8, 4) is 0 Å². The Balaban J connectivity index is 1.11. The number of nitrogens with one attached hydrogen (secondary N) is 5. The fraction of sp³-hybridized carbons (Fsp3) is 0.462. The summed E-state index contributed by atoms with van der Waals surface area (Å²) in [4.78, 5) is 76.8. The van der Waals surface area contributed by atoms with Gasteiger partial charge in [0.2, 0.25) is 17.0 Å². The predicted molar refractivity (Wildman–Crippen MR) is 177 cm³/mol. The number of aliphatic hydroxyl groups excluding tert-OH is 1. The Kier molecular flexibility index (Phi) is 10.0. The van der Waals surface area contributed by atoms with Gasteiger partial charge in [0, 0.05) is 30.0 Å². The number of rotatable bonds is 11. The molecule has 0 bridgehead atoms. The molecule has 2 aliphatic heterocycles. The van der Waals surface area contributed by atoms with Gasteiger partial charge in [0.15, 0.2) is 11.2 Å². The molecule has 2 fully saturated rings. The number of amides is 4. The van der Waals surface area contributed by atoms with Gasteiger partial charge in [-0.1, -0.05) is 11.8 Å². The first kappa shape index (κ1) is 34.1. The Morgan fingerprint density at radius 1 is 1.22 bits per heavy atom. The van der Waals surface area contributed by atoms with Crippen LogP contribution in [0.15, 0.2) is 32.8 Å². The van der Waals surface area contributed by atoms with Crippen molar-refractivity contribution in [2.24, 2.45) is 7.05 Å². The summed E-state index contributed by atoms with van der Waals surface area (Å²) in [5.74, 6) is -2.02. The van der Waals surface area contributed by atoms with E-state index in [2.05, 4.69) is 51.7 Å². The monoisotopic (exact) mass is 733 g/mol. The van der Waals surface area contributed by atoms with Gasteiger partial charge in [0.25, 0.3) is 11.5 Å². The van der Waals surface area contributed by atoms with Crippen LogP contribution in [0.25, 0.3) is 0 Å². The lowest BCUT2D eigenvalue weighted by Gasteiger charge is -2.49. The Morgan fingerprint density at radius 3 is 2.65 bits per heavy atom. The molecule has 1 saturated heterocycles. The molecule has 0 aromatic carbocycles. The van der Waals surface area contributed by atoms with Gasteiger partial charge in [-0.25, -0.2) is 24.2 Å². The van der Waals surface area contributed by atoms with E-state index in [0.717, 1.165) is 16.2 Å². The number of aliphatic carboxylic acids is 1. The molecule has 23 heteroatoms. The van der Waals surface area contributed by atoms with Gasteiger partial charge in [-0.2, -0.15) is 0 Å². The zero-order valence-corrected chi connectivity index (χ0v) is 28.1. The fourth-order valence-electron chi connectivity index (χ4n) is 5.49. The molecular formula is C26H31N13O7S3. The van der Waals surface area contributed by atoms with Gasteiger partial charge in [0.05, 0.1) is 18.0 Å². The van der Waals surface area contributed by atoms with E-state index in [1.807, 2.05) is 0 Å². The minimum atomic E-state index is -1.43. The van der Waals surface area contributed by atoms with Crippen molar-refractivity contribution in [1.82, 2.24) is 50.7 Å². The lowest BCUT2D eigenvalue weighted by atomic mass is 9.93. The SMILES string of the molecule is Cn1nnnc1SCC1=C(C(=O)O)N2C(=O)[C@@H](NC(=O)C(NC(=O)Nc3cnc(NC4CCC(O)CC4)[nH]c3=O)c3csc(N)n3)[C@@H]2SC1. The number of hydrogen-bond donors (Lipinski definition) is 8. The summed E-state index contributed by atoms with van der Waals surface area (Å²) in [5, 5.41) is 42.8. The molecule has 49 heavy (non-hydrogen) atoms. The number of aromatic nitrogens is 7. The van der Waals surface area contributed by atoms with E-state index >= 15 is 0 Å². The summed E-state index contributed by atoms with van der Waals surface area (Å²) < 4.78 is 1.44. The van der Waals surface area contributed by atoms with Crippen LogP contribution in [0.3, 0.4) is 0 Å². The van der Waals surface area contributed by atoms with E-state index in [1.54, 1.807) is 7.05 Å². The molecule has 260 valence electrons. The van der Waals surface area contributed by atoms with Crippen LogP contribution in [0.1, 0.15) is 37.4 Å². The normalized spacial score (nSPS) is 22.5. The van der Waals surface area contributed by atoms with Crippen LogP contribution in [0.2, 0.25) is 0 Å². The van der Waals surface area contributed by atoms with Gasteiger partial charge in [-0.15, -0.1) is 28.2 Å². The number of nitrogen functional groups attached to an aromatic ring is 1. The van der Waals surface area contributed by atoms with E-state index in [9.17, 15) is 34.2 Å². The number of carbonyl (C=O) groups is 4. The Hall–Kier alpha value is -4.74. The van der Waals surface area contributed by atoms with Gasteiger partial charge in [-0.3, -0.25) is 24.3 Å². The van der Waals surface area contributed by atoms with Crippen LogP contribution in [0, 0.1) is 0 Å². The van der Waals surface area contributed by atoms with E-state index in [1.165, 1.54) is 39.8 Å². The number of fused-ring (bicyclic) bond motifs is 1. The van der Waals surface area contributed by atoms with Crippen molar-refractivity contribution in [3.63, 3.8) is 0 Å². The van der Waals surface area contributed by atoms with E-state index in [-0.39, 0.29) is 51.8 Å². The van der Waals surface area contributed by atoms with Crippen molar-refractivity contribution in [2.75, 3.05) is 27.9 Å². The Bertz CT molecular complexity index is 1850. The molecule has 9 N–H and O–H groups in total. The number of aromatic amines is 1. The van der Waals surface area contributed by atoms with Gasteiger partial charge >= 0.3 is 12.0 Å². The quantitative estimate of drug-likeness (QED) is 0.0905. The largest absolute Gasteiger partial charge is 0.477 e. The molecular weight excluding hydrogens is 703 g/mol. The van der Waals surface area contributed by atoms with E-state index in [4.69, 9.17) is 5.73 Å². The third-order valence-corrected chi connectivity index (χ3v) is 11.1.